The number of nitrogens with zero attached hydrogens (tertiary/aromatic N) is 1. The second-order valence-electron chi connectivity index (χ2n) is 5.15. The first kappa shape index (κ1) is 14.3. The number of ether oxygens (including phenoxy) is 1. The number of rotatable bonds is 3. The lowest BCUT2D eigenvalue weighted by atomic mass is 10.0. The molecule has 1 atom stereocenters. The summed E-state index contributed by atoms with van der Waals surface area (Å²) < 4.78 is 4.73. The second-order valence-corrected chi connectivity index (χ2v) is 5.15. The third-order valence-corrected chi connectivity index (χ3v) is 3.67. The maximum Gasteiger partial charge on any atom is 0.337 e. The molecular formula is C16H19NO3. The van der Waals surface area contributed by atoms with E-state index in [1.54, 1.807) is 17.0 Å². The van der Waals surface area contributed by atoms with E-state index in [0.29, 0.717) is 18.5 Å². The van der Waals surface area contributed by atoms with E-state index >= 15 is 0 Å². The highest BCUT2D eigenvalue weighted by molar-refractivity contribution is 5.98. The number of benzene rings is 1. The van der Waals surface area contributed by atoms with Gasteiger partial charge in [-0.3, -0.25) is 4.79 Å². The van der Waals surface area contributed by atoms with E-state index in [1.165, 1.54) is 7.11 Å². The molecule has 0 saturated carbocycles. The fraction of sp³-hybridized carbons (Fsp3) is 0.375. The van der Waals surface area contributed by atoms with Crippen molar-refractivity contribution in [2.75, 3.05) is 18.6 Å². The van der Waals surface area contributed by atoms with Gasteiger partial charge >= 0.3 is 5.97 Å². The first-order valence-corrected chi connectivity index (χ1v) is 6.60. The third-order valence-electron chi connectivity index (χ3n) is 3.67. The normalized spacial score (nSPS) is 18.2. The molecule has 2 rings (SSSR count). The van der Waals surface area contributed by atoms with Gasteiger partial charge in [0.05, 0.1) is 12.7 Å². The van der Waals surface area contributed by atoms with Crippen LogP contribution in [0.2, 0.25) is 0 Å². The van der Waals surface area contributed by atoms with Gasteiger partial charge in [0.15, 0.2) is 0 Å². The van der Waals surface area contributed by atoms with Crippen LogP contribution < -0.4 is 4.90 Å². The number of hydrogen-bond acceptors (Lipinski definition) is 3. The quantitative estimate of drug-likeness (QED) is 0.628. The maximum absolute atomic E-state index is 12.1. The van der Waals surface area contributed by atoms with Gasteiger partial charge in [-0.1, -0.05) is 6.08 Å². The highest BCUT2D eigenvalue weighted by atomic mass is 16.5. The Labute approximate surface area is 119 Å². The number of methoxy groups -OCH3 is 1. The minimum atomic E-state index is -0.362. The van der Waals surface area contributed by atoms with Crippen LogP contribution in [0.1, 0.15) is 27.9 Å². The first-order chi connectivity index (χ1) is 9.47. The van der Waals surface area contributed by atoms with Gasteiger partial charge in [0.1, 0.15) is 0 Å². The average Bonchev–Trinajstić information content (AvgIpc) is 2.78. The fourth-order valence-corrected chi connectivity index (χ4v) is 2.73. The molecule has 1 aliphatic heterocycles. The van der Waals surface area contributed by atoms with Crippen LogP contribution in [0.25, 0.3) is 0 Å². The maximum atomic E-state index is 12.1. The van der Waals surface area contributed by atoms with E-state index in [1.807, 2.05) is 19.9 Å². The number of esters is 1. The highest BCUT2D eigenvalue weighted by Gasteiger charge is 2.30. The summed E-state index contributed by atoms with van der Waals surface area (Å²) in [7, 11) is 1.36. The number of anilines is 1. The van der Waals surface area contributed by atoms with Gasteiger partial charge in [-0.15, -0.1) is 6.58 Å². The summed E-state index contributed by atoms with van der Waals surface area (Å²) in [5.41, 5.74) is 3.22. The van der Waals surface area contributed by atoms with Gasteiger partial charge in [-0.05, 0) is 37.1 Å². The Morgan fingerprint density at radius 2 is 2.00 bits per heavy atom. The van der Waals surface area contributed by atoms with Crippen LogP contribution in [-0.4, -0.2) is 25.5 Å². The van der Waals surface area contributed by atoms with Crippen molar-refractivity contribution in [3.8, 4) is 0 Å². The van der Waals surface area contributed by atoms with Crippen LogP contribution in [0.3, 0.4) is 0 Å². The summed E-state index contributed by atoms with van der Waals surface area (Å²) in [5.74, 6) is -0.0621. The molecule has 0 spiro atoms. The van der Waals surface area contributed by atoms with Gasteiger partial charge < -0.3 is 9.64 Å². The zero-order chi connectivity index (χ0) is 14.9. The summed E-state index contributed by atoms with van der Waals surface area (Å²) in [6.45, 7) is 8.22. The standard InChI is InChI=1S/C16H19NO3/c1-5-12-8-14(18)17(9-12)15-10(2)6-13(7-11(15)3)16(19)20-4/h5-7,12H,1,8-9H2,2-4H3. The molecule has 1 unspecified atom stereocenters. The number of carbonyl (C=O) groups is 2. The van der Waals surface area contributed by atoms with E-state index in [2.05, 4.69) is 6.58 Å². The van der Waals surface area contributed by atoms with Gasteiger partial charge in [0, 0.05) is 24.6 Å². The van der Waals surface area contributed by atoms with Crippen molar-refractivity contribution in [2.24, 2.45) is 5.92 Å². The van der Waals surface area contributed by atoms with Crippen LogP contribution in [-0.2, 0) is 9.53 Å². The Morgan fingerprint density at radius 1 is 1.40 bits per heavy atom. The molecular weight excluding hydrogens is 254 g/mol. The Morgan fingerprint density at radius 3 is 2.45 bits per heavy atom. The van der Waals surface area contributed by atoms with Gasteiger partial charge in [-0.2, -0.15) is 0 Å². The van der Waals surface area contributed by atoms with Crippen LogP contribution in [0.15, 0.2) is 24.8 Å². The van der Waals surface area contributed by atoms with E-state index < -0.39 is 0 Å². The molecule has 1 heterocycles. The molecule has 4 nitrogen and oxygen atoms in total. The molecule has 0 radical (unpaired) electrons. The summed E-state index contributed by atoms with van der Waals surface area (Å²) in [5, 5.41) is 0. The molecule has 1 aromatic carbocycles. The minimum absolute atomic E-state index is 0.104. The monoisotopic (exact) mass is 273 g/mol. The minimum Gasteiger partial charge on any atom is -0.465 e. The lowest BCUT2D eigenvalue weighted by molar-refractivity contribution is -0.117. The Balaban J connectivity index is 2.41. The molecule has 106 valence electrons. The third kappa shape index (κ3) is 2.46. The molecule has 1 fully saturated rings. The number of aryl methyl sites for hydroxylation is 2. The number of carbonyl (C=O) groups excluding carboxylic acids is 2. The van der Waals surface area contributed by atoms with Crippen molar-refractivity contribution in [3.63, 3.8) is 0 Å². The molecule has 0 N–H and O–H groups in total. The zero-order valence-corrected chi connectivity index (χ0v) is 12.1. The summed E-state index contributed by atoms with van der Waals surface area (Å²) in [4.78, 5) is 25.5. The van der Waals surface area contributed by atoms with Gasteiger partial charge in [-0.25, -0.2) is 4.79 Å². The van der Waals surface area contributed by atoms with Gasteiger partial charge in [0.25, 0.3) is 0 Å². The Kier molecular flexibility index (Phi) is 3.93. The van der Waals surface area contributed by atoms with Crippen LogP contribution in [0.4, 0.5) is 5.69 Å². The molecule has 1 amide bonds. The van der Waals surface area contributed by atoms with Crippen molar-refractivity contribution >= 4 is 17.6 Å². The second kappa shape index (κ2) is 5.49. The lowest BCUT2D eigenvalue weighted by Crippen LogP contribution is -2.26. The predicted octanol–water partition coefficient (Wildman–Crippen LogP) is 2.63. The van der Waals surface area contributed by atoms with E-state index in [0.717, 1.165) is 16.8 Å². The zero-order valence-electron chi connectivity index (χ0n) is 12.1. The van der Waals surface area contributed by atoms with Crippen LogP contribution in [0, 0.1) is 19.8 Å². The molecule has 1 aromatic rings. The van der Waals surface area contributed by atoms with E-state index in [-0.39, 0.29) is 17.8 Å². The molecule has 0 aromatic heterocycles. The summed E-state index contributed by atoms with van der Waals surface area (Å²) in [6, 6.07) is 3.53. The fourth-order valence-electron chi connectivity index (χ4n) is 2.73. The molecule has 1 aliphatic rings. The highest BCUT2D eigenvalue weighted by Crippen LogP contribution is 2.32. The Hall–Kier alpha value is -2.10. The SMILES string of the molecule is C=CC1CC(=O)N(c2c(C)cc(C(=O)OC)cc2C)C1. The van der Waals surface area contributed by atoms with E-state index in [4.69, 9.17) is 4.74 Å². The van der Waals surface area contributed by atoms with Crippen molar-refractivity contribution < 1.29 is 14.3 Å². The molecule has 0 bridgehead atoms. The van der Waals surface area contributed by atoms with Crippen LogP contribution >= 0.6 is 0 Å². The van der Waals surface area contributed by atoms with Crippen molar-refractivity contribution in [3.05, 3.63) is 41.5 Å². The molecule has 0 aliphatic carbocycles. The smallest absolute Gasteiger partial charge is 0.337 e. The van der Waals surface area contributed by atoms with Crippen molar-refractivity contribution in [2.45, 2.75) is 20.3 Å². The molecule has 4 heteroatoms. The number of hydrogen-bond donors (Lipinski definition) is 0. The summed E-state index contributed by atoms with van der Waals surface area (Å²) >= 11 is 0. The number of amides is 1. The van der Waals surface area contributed by atoms with Gasteiger partial charge in [0.2, 0.25) is 5.91 Å². The van der Waals surface area contributed by atoms with Crippen molar-refractivity contribution in [1.82, 2.24) is 0 Å². The van der Waals surface area contributed by atoms with Crippen LogP contribution in [0.5, 0.6) is 0 Å². The topological polar surface area (TPSA) is 46.6 Å². The van der Waals surface area contributed by atoms with E-state index in [9.17, 15) is 9.59 Å². The first-order valence-electron chi connectivity index (χ1n) is 6.60. The summed E-state index contributed by atoms with van der Waals surface area (Å²) in [6.07, 6.45) is 2.33. The Bertz CT molecular complexity index is 554. The largest absolute Gasteiger partial charge is 0.465 e. The molecule has 1 saturated heterocycles. The average molecular weight is 273 g/mol. The lowest BCUT2D eigenvalue weighted by Gasteiger charge is -2.22. The van der Waals surface area contributed by atoms with Crippen molar-refractivity contribution in [1.29, 1.82) is 0 Å². The predicted molar refractivity (Wildman–Crippen MR) is 77.9 cm³/mol. The molecule has 20 heavy (non-hydrogen) atoms.